The molecule has 0 aliphatic heterocycles. The standard InChI is InChI=1S/C67H93N13O16/c1-37(2)30-49(75-61(90)50(31-38(3)4)74-59(88)48(27-28-55(84)85)72-57(86)46(68)32-42-19-23-44(82)24-20-42)60(89)73-47(18-13-29-71-67(69)70)58(87)79-54(36-81)65(94)78-52(34-41-16-11-8-12-17-41)63(92)76-51(33-40-14-9-7-10-15-40)62(91)77-53(35-43-21-25-45(83)26-22-43)64(93)80-56(39(5)6)66(95)96/h7-12,14-17,19-26,37-39,46-54,56,81-83H,13,18,27-36,68H2,1-6H3,(H,72,86)(H,73,89)(H,74,88)(H,75,90)(H,76,92)(H,77,91)(H,78,94)(H,79,87)(H,80,93)(H,84,85)(H,95,96)(H4,69,70,71)/t46-,47-,48-,49-,50-,51-,52-,53-,54-,56-/m0/s1. The van der Waals surface area contributed by atoms with Gasteiger partial charge in [-0.1, -0.05) is 126 Å². The minimum absolute atomic E-state index is 0.00838. The molecule has 10 atom stereocenters. The monoisotopic (exact) mass is 1340 g/mol. The molecule has 29 nitrogen and oxygen atoms in total. The molecule has 0 aromatic heterocycles. The largest absolute Gasteiger partial charge is 0.508 e. The van der Waals surface area contributed by atoms with Crippen molar-refractivity contribution in [1.82, 2.24) is 47.9 Å². The summed E-state index contributed by atoms with van der Waals surface area (Å²) < 4.78 is 0. The number of carboxylic acids is 2. The van der Waals surface area contributed by atoms with Gasteiger partial charge in [-0.15, -0.1) is 0 Å². The fourth-order valence-corrected chi connectivity index (χ4v) is 10.0. The molecule has 522 valence electrons. The van der Waals surface area contributed by atoms with Crippen LogP contribution in [0, 0.1) is 17.8 Å². The van der Waals surface area contributed by atoms with Crippen LogP contribution in [-0.4, -0.2) is 170 Å². The highest BCUT2D eigenvalue weighted by Crippen LogP contribution is 2.17. The second-order valence-corrected chi connectivity index (χ2v) is 24.6. The topological polar surface area (TPSA) is 488 Å². The van der Waals surface area contributed by atoms with E-state index >= 15 is 0 Å². The lowest BCUT2D eigenvalue weighted by Gasteiger charge is -2.29. The van der Waals surface area contributed by atoms with Gasteiger partial charge in [0, 0.05) is 32.2 Å². The number of rotatable bonds is 40. The summed E-state index contributed by atoms with van der Waals surface area (Å²) in [5.74, 6) is -12.4. The second-order valence-electron chi connectivity index (χ2n) is 24.6. The Hall–Kier alpha value is -10.2. The van der Waals surface area contributed by atoms with Crippen LogP contribution >= 0.6 is 0 Å². The highest BCUT2D eigenvalue weighted by Gasteiger charge is 2.37. The Labute approximate surface area is 557 Å². The summed E-state index contributed by atoms with van der Waals surface area (Å²) in [5.41, 5.74) is 19.4. The molecule has 0 aliphatic rings. The zero-order chi connectivity index (χ0) is 71.2. The number of hydrogen-bond donors (Lipinski definition) is 17. The first-order valence-electron chi connectivity index (χ1n) is 31.7. The number of hydrogen-bond acceptors (Lipinski definition) is 16. The third-order valence-electron chi connectivity index (χ3n) is 15.2. The Bertz CT molecular complexity index is 3260. The van der Waals surface area contributed by atoms with Gasteiger partial charge in [-0.25, -0.2) is 4.79 Å². The summed E-state index contributed by atoms with van der Waals surface area (Å²) in [5, 5.41) is 73.2. The molecule has 4 rings (SSSR count). The minimum Gasteiger partial charge on any atom is -0.508 e. The number of phenols is 2. The second kappa shape index (κ2) is 39.5. The van der Waals surface area contributed by atoms with Crippen molar-refractivity contribution in [3.05, 3.63) is 131 Å². The maximum absolute atomic E-state index is 14.8. The van der Waals surface area contributed by atoms with Gasteiger partial charge in [-0.05, 0) is 103 Å². The SMILES string of the molecule is CC(C)C[C@H](NC(=O)[C@H](CC(C)C)NC(=O)[C@H](CCC(=O)O)NC(=O)[C@@H](N)Cc1ccc(O)cc1)C(=O)N[C@@H](CCCN=C(N)N)C(=O)N[C@@H](CO)C(=O)N[C@@H](Cc1ccccc1)C(=O)N[C@@H](Cc1ccccc1)C(=O)N[C@@H](Cc1ccc(O)cc1)C(=O)N[C@H](C(=O)O)C(C)C. The Morgan fingerprint density at radius 2 is 0.750 bits per heavy atom. The quantitative estimate of drug-likeness (QED) is 0.0156. The Kier molecular flexibility index (Phi) is 32.2. The number of carbonyl (C=O) groups is 11. The molecule has 0 bridgehead atoms. The number of aliphatic imine (C=N–C) groups is 1. The van der Waals surface area contributed by atoms with Crippen molar-refractivity contribution in [2.24, 2.45) is 39.9 Å². The van der Waals surface area contributed by atoms with Gasteiger partial charge in [0.2, 0.25) is 53.2 Å². The first kappa shape index (κ1) is 78.3. The van der Waals surface area contributed by atoms with E-state index in [1.54, 1.807) is 114 Å². The summed E-state index contributed by atoms with van der Waals surface area (Å²) in [4.78, 5) is 156. The van der Waals surface area contributed by atoms with Crippen molar-refractivity contribution < 1.29 is 78.3 Å². The van der Waals surface area contributed by atoms with Crippen LogP contribution in [0.15, 0.2) is 114 Å². The number of aliphatic hydroxyl groups excluding tert-OH is 1. The third-order valence-corrected chi connectivity index (χ3v) is 15.2. The van der Waals surface area contributed by atoms with Crippen molar-refractivity contribution in [2.45, 2.75) is 166 Å². The fraction of sp³-hybridized carbons (Fsp3) is 0.463. The average Bonchev–Trinajstić information content (AvgIpc) is 0.910. The number of carboxylic acid groups (broad SMARTS) is 2. The smallest absolute Gasteiger partial charge is 0.326 e. The van der Waals surface area contributed by atoms with Crippen LogP contribution in [0.25, 0.3) is 0 Å². The van der Waals surface area contributed by atoms with Crippen LogP contribution in [0.2, 0.25) is 0 Å². The molecule has 0 saturated carbocycles. The normalized spacial score (nSPS) is 14.3. The molecule has 29 heteroatoms. The van der Waals surface area contributed by atoms with Gasteiger partial charge >= 0.3 is 11.9 Å². The number of amides is 9. The number of phenolic OH excluding ortho intramolecular Hbond substituents is 2. The zero-order valence-corrected chi connectivity index (χ0v) is 54.8. The van der Waals surface area contributed by atoms with Crippen LogP contribution in [0.5, 0.6) is 11.5 Å². The maximum Gasteiger partial charge on any atom is 0.326 e. The number of guanidine groups is 1. The Balaban J connectivity index is 1.62. The molecule has 0 saturated heterocycles. The van der Waals surface area contributed by atoms with E-state index in [0.29, 0.717) is 22.3 Å². The first-order valence-corrected chi connectivity index (χ1v) is 31.7. The molecule has 0 heterocycles. The van der Waals surface area contributed by atoms with Crippen LogP contribution in [-0.2, 0) is 78.4 Å². The van der Waals surface area contributed by atoms with Crippen molar-refractivity contribution in [3.63, 3.8) is 0 Å². The van der Waals surface area contributed by atoms with Crippen molar-refractivity contribution in [1.29, 1.82) is 0 Å². The lowest BCUT2D eigenvalue weighted by Crippen LogP contribution is -2.61. The van der Waals surface area contributed by atoms with E-state index < -0.39 is 151 Å². The van der Waals surface area contributed by atoms with Gasteiger partial charge in [-0.3, -0.25) is 52.9 Å². The van der Waals surface area contributed by atoms with Crippen LogP contribution in [0.3, 0.4) is 0 Å². The average molecular weight is 1340 g/mol. The number of aliphatic hydroxyl groups is 1. The van der Waals surface area contributed by atoms with Crippen molar-refractivity contribution >= 4 is 71.1 Å². The van der Waals surface area contributed by atoms with Crippen LogP contribution < -0.4 is 65.1 Å². The number of benzene rings is 4. The van der Waals surface area contributed by atoms with E-state index in [0.717, 1.165) is 0 Å². The van der Waals surface area contributed by atoms with Gasteiger partial charge in [-0.2, -0.15) is 0 Å². The van der Waals surface area contributed by atoms with Gasteiger partial charge in [0.15, 0.2) is 5.96 Å². The molecule has 20 N–H and O–H groups in total. The fourth-order valence-electron chi connectivity index (χ4n) is 10.0. The first-order chi connectivity index (χ1) is 45.4. The highest BCUT2D eigenvalue weighted by atomic mass is 16.4. The number of nitrogens with two attached hydrogens (primary N) is 3. The molecule has 0 unspecified atom stereocenters. The predicted molar refractivity (Wildman–Crippen MR) is 355 cm³/mol. The number of aromatic hydroxyl groups is 2. The summed E-state index contributed by atoms with van der Waals surface area (Å²) in [6, 6.07) is 14.0. The lowest BCUT2D eigenvalue weighted by molar-refractivity contribution is -0.143. The van der Waals surface area contributed by atoms with E-state index in [9.17, 15) is 78.3 Å². The van der Waals surface area contributed by atoms with Crippen molar-refractivity contribution in [3.8, 4) is 11.5 Å². The van der Waals surface area contributed by atoms with Gasteiger partial charge in [0.05, 0.1) is 12.6 Å². The summed E-state index contributed by atoms with van der Waals surface area (Å²) >= 11 is 0. The van der Waals surface area contributed by atoms with Crippen LogP contribution in [0.1, 0.15) is 102 Å². The molecule has 0 fully saturated rings. The van der Waals surface area contributed by atoms with Gasteiger partial charge in [0.25, 0.3) is 0 Å². The maximum atomic E-state index is 14.8. The van der Waals surface area contributed by atoms with E-state index in [1.165, 1.54) is 36.4 Å². The molecule has 0 radical (unpaired) electrons. The molecule has 9 amide bonds. The summed E-state index contributed by atoms with van der Waals surface area (Å²) in [7, 11) is 0. The molecule has 4 aromatic carbocycles. The molecule has 4 aromatic rings. The third kappa shape index (κ3) is 27.8. The van der Waals surface area contributed by atoms with Crippen molar-refractivity contribution in [2.75, 3.05) is 13.2 Å². The highest BCUT2D eigenvalue weighted by molar-refractivity contribution is 5.99. The number of nitrogens with one attached hydrogen (secondary N) is 9. The van der Waals surface area contributed by atoms with E-state index in [4.69, 9.17) is 17.2 Å². The molecule has 96 heavy (non-hydrogen) atoms. The minimum atomic E-state index is -1.81. The number of nitrogens with zero attached hydrogens (tertiary/aromatic N) is 1. The van der Waals surface area contributed by atoms with E-state index in [-0.39, 0.29) is 87.2 Å². The summed E-state index contributed by atoms with van der Waals surface area (Å²) in [6.45, 7) is 9.09. The molecular formula is C67H93N13O16. The number of aliphatic carboxylic acids is 2. The van der Waals surface area contributed by atoms with Gasteiger partial charge in [0.1, 0.15) is 65.9 Å². The summed E-state index contributed by atoms with van der Waals surface area (Å²) in [6.07, 6.45) is -1.70. The predicted octanol–water partition coefficient (Wildman–Crippen LogP) is -0.198. The van der Waals surface area contributed by atoms with Gasteiger partial charge < -0.3 is 90.6 Å². The Morgan fingerprint density at radius 3 is 1.14 bits per heavy atom. The molecular weight excluding hydrogens is 1240 g/mol. The lowest BCUT2D eigenvalue weighted by atomic mass is 9.99. The van der Waals surface area contributed by atoms with E-state index in [2.05, 4.69) is 52.8 Å². The molecule has 0 spiro atoms. The zero-order valence-electron chi connectivity index (χ0n) is 54.8. The Morgan fingerprint density at radius 1 is 0.417 bits per heavy atom. The van der Waals surface area contributed by atoms with E-state index in [1.807, 2.05) is 0 Å². The number of carbonyl (C=O) groups excluding carboxylic acids is 9. The molecule has 0 aliphatic carbocycles. The van der Waals surface area contributed by atoms with Crippen LogP contribution in [0.4, 0.5) is 0 Å².